The molecule has 5 nitrogen and oxygen atoms in total. The van der Waals surface area contributed by atoms with Gasteiger partial charge in [0.15, 0.2) is 12.6 Å². The molecule has 1 fully saturated rings. The van der Waals surface area contributed by atoms with E-state index in [1.807, 2.05) is 32.7 Å². The van der Waals surface area contributed by atoms with Crippen LogP contribution in [0.2, 0.25) is 0 Å². The summed E-state index contributed by atoms with van der Waals surface area (Å²) in [5, 5.41) is 2.88. The van der Waals surface area contributed by atoms with Gasteiger partial charge in [-0.2, -0.15) is 0 Å². The molecule has 0 spiro atoms. The van der Waals surface area contributed by atoms with Crippen LogP contribution in [0.4, 0.5) is 0 Å². The molecule has 0 radical (unpaired) electrons. The van der Waals surface area contributed by atoms with E-state index in [1.165, 1.54) is 6.42 Å². The van der Waals surface area contributed by atoms with Gasteiger partial charge in [-0.15, -0.1) is 0 Å². The van der Waals surface area contributed by atoms with Crippen molar-refractivity contribution < 1.29 is 14.5 Å². The van der Waals surface area contributed by atoms with Gasteiger partial charge in [0.1, 0.15) is 0 Å². The molecule has 0 aliphatic carbocycles. The predicted molar refractivity (Wildman–Crippen MR) is 84.0 cm³/mol. The van der Waals surface area contributed by atoms with Crippen molar-refractivity contribution in [2.75, 3.05) is 26.7 Å². The Bertz CT molecular complexity index is 361. The van der Waals surface area contributed by atoms with Crippen molar-refractivity contribution in [1.82, 2.24) is 10.2 Å². The SMILES string of the molecule is CC(C)NC(=O)C[NH+](C)[C@H](C)C(=O)N1C[C@@H](C)C[C@H](C)C1. The number of likely N-dealkylation sites (tertiary alicyclic amines) is 1. The van der Waals surface area contributed by atoms with E-state index in [9.17, 15) is 9.59 Å². The first-order chi connectivity index (χ1) is 9.70. The summed E-state index contributed by atoms with van der Waals surface area (Å²) < 4.78 is 0. The zero-order valence-corrected chi connectivity index (χ0v) is 14.4. The Morgan fingerprint density at radius 2 is 1.71 bits per heavy atom. The molecule has 0 aromatic rings. The number of hydrogen-bond acceptors (Lipinski definition) is 2. The summed E-state index contributed by atoms with van der Waals surface area (Å²) in [6.07, 6.45) is 1.19. The largest absolute Gasteiger partial charge is 0.349 e. The zero-order chi connectivity index (χ0) is 16.2. The van der Waals surface area contributed by atoms with Gasteiger partial charge in [-0.25, -0.2) is 0 Å². The number of quaternary nitrogens is 1. The Kier molecular flexibility index (Phi) is 6.65. The normalized spacial score (nSPS) is 25.6. The molecule has 1 rings (SSSR count). The summed E-state index contributed by atoms with van der Waals surface area (Å²) in [5.41, 5.74) is 0. The molecule has 0 aromatic heterocycles. The zero-order valence-electron chi connectivity index (χ0n) is 14.4. The van der Waals surface area contributed by atoms with Gasteiger partial charge in [-0.1, -0.05) is 13.8 Å². The van der Waals surface area contributed by atoms with Crippen LogP contribution in [0, 0.1) is 11.8 Å². The summed E-state index contributed by atoms with van der Waals surface area (Å²) in [5.74, 6) is 1.30. The molecular formula is C16H32N3O2+. The molecule has 0 saturated carbocycles. The topological polar surface area (TPSA) is 53.9 Å². The van der Waals surface area contributed by atoms with Crippen LogP contribution in [-0.2, 0) is 9.59 Å². The Labute approximate surface area is 129 Å². The number of amides is 2. The lowest BCUT2D eigenvalue weighted by Gasteiger charge is -2.36. The van der Waals surface area contributed by atoms with E-state index >= 15 is 0 Å². The number of piperidine rings is 1. The second kappa shape index (κ2) is 7.78. The molecule has 0 bridgehead atoms. The molecule has 1 saturated heterocycles. The van der Waals surface area contributed by atoms with Gasteiger partial charge in [0.2, 0.25) is 0 Å². The average molecular weight is 298 g/mol. The van der Waals surface area contributed by atoms with Gasteiger partial charge >= 0.3 is 0 Å². The molecule has 1 aliphatic heterocycles. The number of carbonyl (C=O) groups is 2. The smallest absolute Gasteiger partial charge is 0.280 e. The lowest BCUT2D eigenvalue weighted by Crippen LogP contribution is -3.15. The van der Waals surface area contributed by atoms with Crippen LogP contribution in [0.3, 0.4) is 0 Å². The maximum atomic E-state index is 12.6. The molecule has 5 heteroatoms. The predicted octanol–water partition coefficient (Wildman–Crippen LogP) is -0.0813. The van der Waals surface area contributed by atoms with Crippen LogP contribution in [0.25, 0.3) is 0 Å². The summed E-state index contributed by atoms with van der Waals surface area (Å²) in [7, 11) is 1.92. The highest BCUT2D eigenvalue weighted by Gasteiger charge is 2.32. The third-order valence-electron chi connectivity index (χ3n) is 4.18. The maximum absolute atomic E-state index is 12.6. The third-order valence-corrected chi connectivity index (χ3v) is 4.18. The number of carbonyl (C=O) groups excluding carboxylic acids is 2. The molecule has 1 heterocycles. The van der Waals surface area contributed by atoms with Gasteiger partial charge in [0.05, 0.1) is 7.05 Å². The molecule has 122 valence electrons. The minimum absolute atomic E-state index is 0.00234. The number of nitrogens with zero attached hydrogens (tertiary/aromatic N) is 1. The van der Waals surface area contributed by atoms with Crippen molar-refractivity contribution in [3.05, 3.63) is 0 Å². The summed E-state index contributed by atoms with van der Waals surface area (Å²) >= 11 is 0. The Hall–Kier alpha value is -1.10. The van der Waals surface area contributed by atoms with Crippen molar-refractivity contribution in [2.24, 2.45) is 11.8 Å². The van der Waals surface area contributed by atoms with E-state index in [0.717, 1.165) is 18.0 Å². The number of rotatable bonds is 5. The molecule has 0 aromatic carbocycles. The molecular weight excluding hydrogens is 266 g/mol. The van der Waals surface area contributed by atoms with Crippen LogP contribution in [-0.4, -0.2) is 55.5 Å². The van der Waals surface area contributed by atoms with Crippen LogP contribution >= 0.6 is 0 Å². The highest BCUT2D eigenvalue weighted by Crippen LogP contribution is 2.21. The van der Waals surface area contributed by atoms with Gasteiger partial charge in [-0.05, 0) is 39.0 Å². The van der Waals surface area contributed by atoms with Gasteiger partial charge in [0.25, 0.3) is 11.8 Å². The van der Waals surface area contributed by atoms with Gasteiger partial charge < -0.3 is 15.1 Å². The van der Waals surface area contributed by atoms with E-state index in [-0.39, 0.29) is 23.9 Å². The van der Waals surface area contributed by atoms with Crippen LogP contribution in [0.5, 0.6) is 0 Å². The average Bonchev–Trinajstić information content (AvgIpc) is 2.34. The van der Waals surface area contributed by atoms with E-state index in [2.05, 4.69) is 19.2 Å². The molecule has 21 heavy (non-hydrogen) atoms. The third kappa shape index (κ3) is 5.65. The highest BCUT2D eigenvalue weighted by atomic mass is 16.2. The fourth-order valence-corrected chi connectivity index (χ4v) is 3.11. The monoisotopic (exact) mass is 298 g/mol. The second-order valence-corrected chi connectivity index (χ2v) is 7.16. The summed E-state index contributed by atoms with van der Waals surface area (Å²) in [6, 6.07) is -0.0412. The maximum Gasteiger partial charge on any atom is 0.280 e. The number of hydrogen-bond donors (Lipinski definition) is 2. The molecule has 1 aliphatic rings. The van der Waals surface area contributed by atoms with Crippen molar-refractivity contribution in [1.29, 1.82) is 0 Å². The van der Waals surface area contributed by atoms with E-state index in [1.54, 1.807) is 0 Å². The summed E-state index contributed by atoms with van der Waals surface area (Å²) in [6.45, 7) is 12.2. The van der Waals surface area contributed by atoms with Crippen molar-refractivity contribution in [2.45, 2.75) is 53.1 Å². The van der Waals surface area contributed by atoms with E-state index in [0.29, 0.717) is 18.4 Å². The van der Waals surface area contributed by atoms with Crippen LogP contribution in [0.1, 0.15) is 41.0 Å². The van der Waals surface area contributed by atoms with Gasteiger partial charge in [-0.3, -0.25) is 9.59 Å². The summed E-state index contributed by atoms with van der Waals surface area (Å²) in [4.78, 5) is 27.3. The first-order valence-electron chi connectivity index (χ1n) is 8.11. The Morgan fingerprint density at radius 3 is 2.19 bits per heavy atom. The fraction of sp³-hybridized carbons (Fsp3) is 0.875. The van der Waals surface area contributed by atoms with E-state index in [4.69, 9.17) is 0 Å². The Balaban J connectivity index is 2.54. The van der Waals surface area contributed by atoms with Crippen molar-refractivity contribution >= 4 is 11.8 Å². The minimum atomic E-state index is -0.180. The fourth-order valence-electron chi connectivity index (χ4n) is 3.11. The second-order valence-electron chi connectivity index (χ2n) is 7.16. The first kappa shape index (κ1) is 18.0. The van der Waals surface area contributed by atoms with Crippen LogP contribution in [0.15, 0.2) is 0 Å². The lowest BCUT2D eigenvalue weighted by molar-refractivity contribution is -0.886. The first-order valence-corrected chi connectivity index (χ1v) is 8.11. The molecule has 1 unspecified atom stereocenters. The standard InChI is InChI=1S/C16H31N3O2/c1-11(2)17-15(20)10-18(6)14(5)16(21)19-8-12(3)7-13(4)9-19/h11-14H,7-10H2,1-6H3,(H,17,20)/p+1/t12-,13-,14+/m0/s1. The van der Waals surface area contributed by atoms with Crippen molar-refractivity contribution in [3.63, 3.8) is 0 Å². The van der Waals surface area contributed by atoms with E-state index < -0.39 is 0 Å². The molecule has 2 N–H and O–H groups in total. The molecule has 2 amide bonds. The number of likely N-dealkylation sites (N-methyl/N-ethyl adjacent to an activating group) is 1. The van der Waals surface area contributed by atoms with Crippen molar-refractivity contribution in [3.8, 4) is 0 Å². The lowest BCUT2D eigenvalue weighted by atomic mass is 9.91. The Morgan fingerprint density at radius 1 is 1.19 bits per heavy atom. The van der Waals surface area contributed by atoms with Crippen LogP contribution < -0.4 is 10.2 Å². The van der Waals surface area contributed by atoms with Gasteiger partial charge in [0, 0.05) is 19.1 Å². The molecule has 4 atom stereocenters. The minimum Gasteiger partial charge on any atom is -0.349 e. The quantitative estimate of drug-likeness (QED) is 0.746. The highest BCUT2D eigenvalue weighted by molar-refractivity contribution is 5.81. The number of nitrogens with one attached hydrogen (secondary N) is 2.